The Morgan fingerprint density at radius 2 is 1.61 bits per heavy atom. The number of amides is 1. The van der Waals surface area contributed by atoms with E-state index in [4.69, 9.17) is 4.74 Å². The molecule has 0 bridgehead atoms. The zero-order valence-electron chi connectivity index (χ0n) is 17.7. The van der Waals surface area contributed by atoms with Crippen molar-refractivity contribution >= 4 is 11.6 Å². The van der Waals surface area contributed by atoms with Gasteiger partial charge in [0.2, 0.25) is 5.91 Å². The van der Waals surface area contributed by atoms with Crippen LogP contribution in [0.1, 0.15) is 67.7 Å². The molecule has 1 aliphatic rings. The van der Waals surface area contributed by atoms with E-state index in [-0.39, 0.29) is 5.91 Å². The fourth-order valence-corrected chi connectivity index (χ4v) is 4.38. The fourth-order valence-electron chi connectivity index (χ4n) is 4.38. The van der Waals surface area contributed by atoms with E-state index in [2.05, 4.69) is 43.4 Å². The van der Waals surface area contributed by atoms with E-state index in [1.807, 2.05) is 26.0 Å². The summed E-state index contributed by atoms with van der Waals surface area (Å²) < 4.78 is 5.88. The summed E-state index contributed by atoms with van der Waals surface area (Å²) in [7, 11) is 0. The van der Waals surface area contributed by atoms with Crippen molar-refractivity contribution in [2.75, 3.05) is 11.9 Å². The van der Waals surface area contributed by atoms with Crippen LogP contribution in [0.3, 0.4) is 0 Å². The number of ether oxygens (including phenoxy) is 1. The van der Waals surface area contributed by atoms with E-state index in [0.29, 0.717) is 6.61 Å². The maximum atomic E-state index is 13.5. The summed E-state index contributed by atoms with van der Waals surface area (Å²) in [5.41, 5.74) is 4.94. The molecule has 3 nitrogen and oxygen atoms in total. The molecule has 2 aromatic rings. The zero-order valence-corrected chi connectivity index (χ0v) is 17.7. The largest absolute Gasteiger partial charge is 0.493 e. The molecule has 150 valence electrons. The molecule has 28 heavy (non-hydrogen) atoms. The van der Waals surface area contributed by atoms with Crippen LogP contribution in [0.15, 0.2) is 36.4 Å². The number of rotatable bonds is 6. The summed E-state index contributed by atoms with van der Waals surface area (Å²) in [6.07, 6.45) is 6.22. The van der Waals surface area contributed by atoms with Gasteiger partial charge in [0.25, 0.3) is 0 Å². The van der Waals surface area contributed by atoms with Gasteiger partial charge in [0.1, 0.15) is 5.75 Å². The summed E-state index contributed by atoms with van der Waals surface area (Å²) in [4.78, 5) is 13.5. The lowest BCUT2D eigenvalue weighted by atomic mass is 9.68. The summed E-state index contributed by atoms with van der Waals surface area (Å²) in [6, 6.07) is 12.6. The third-order valence-corrected chi connectivity index (χ3v) is 5.91. The van der Waals surface area contributed by atoms with E-state index >= 15 is 0 Å². The molecular weight excluding hydrogens is 346 g/mol. The molecule has 1 N–H and O–H groups in total. The van der Waals surface area contributed by atoms with Gasteiger partial charge in [-0.1, -0.05) is 56.0 Å². The van der Waals surface area contributed by atoms with Crippen LogP contribution in [0, 0.1) is 20.8 Å². The van der Waals surface area contributed by atoms with Crippen molar-refractivity contribution in [3.8, 4) is 5.75 Å². The average Bonchev–Trinajstić information content (AvgIpc) is 2.68. The number of carbonyl (C=O) groups excluding carboxylic acids is 1. The van der Waals surface area contributed by atoms with Gasteiger partial charge in [-0.15, -0.1) is 0 Å². The zero-order chi connectivity index (χ0) is 20.1. The second kappa shape index (κ2) is 8.81. The number of anilines is 1. The molecule has 0 aromatic heterocycles. The Morgan fingerprint density at radius 1 is 1.00 bits per heavy atom. The highest BCUT2D eigenvalue weighted by molar-refractivity contribution is 5.99. The van der Waals surface area contributed by atoms with Crippen LogP contribution >= 0.6 is 0 Å². The minimum Gasteiger partial charge on any atom is -0.493 e. The first-order chi connectivity index (χ1) is 13.5. The first kappa shape index (κ1) is 20.4. The Morgan fingerprint density at radius 3 is 2.18 bits per heavy atom. The molecule has 0 spiro atoms. The molecule has 3 heteroatoms. The minimum atomic E-state index is -0.425. The standard InChI is InChI=1S/C25H33NO2/c1-5-15-28-23-19(3)16-22(17-20(23)4)26-24(27)25(13-7-6-8-14-25)21-11-9-18(2)10-12-21/h9-12,16-17H,5-8,13-15H2,1-4H3,(H,26,27). The van der Waals surface area contributed by atoms with Crippen molar-refractivity contribution < 1.29 is 9.53 Å². The molecule has 1 amide bonds. The van der Waals surface area contributed by atoms with Gasteiger partial charge in [-0.2, -0.15) is 0 Å². The van der Waals surface area contributed by atoms with Gasteiger partial charge < -0.3 is 10.1 Å². The highest BCUT2D eigenvalue weighted by Crippen LogP contribution is 2.41. The van der Waals surface area contributed by atoms with Gasteiger partial charge in [-0.05, 0) is 68.9 Å². The average molecular weight is 380 g/mol. The Labute approximate surface area is 169 Å². The number of hydrogen-bond acceptors (Lipinski definition) is 2. The lowest BCUT2D eigenvalue weighted by Gasteiger charge is -2.36. The topological polar surface area (TPSA) is 38.3 Å². The number of carbonyl (C=O) groups is 1. The van der Waals surface area contributed by atoms with E-state index in [0.717, 1.165) is 60.2 Å². The molecule has 1 aliphatic carbocycles. The number of aryl methyl sites for hydroxylation is 3. The molecule has 1 fully saturated rings. The fraction of sp³-hybridized carbons (Fsp3) is 0.480. The van der Waals surface area contributed by atoms with Crippen LogP contribution in [0.25, 0.3) is 0 Å². The number of benzene rings is 2. The second-order valence-electron chi connectivity index (χ2n) is 8.25. The first-order valence-corrected chi connectivity index (χ1v) is 10.6. The predicted octanol–water partition coefficient (Wildman–Crippen LogP) is 6.24. The first-order valence-electron chi connectivity index (χ1n) is 10.6. The molecule has 0 heterocycles. The maximum absolute atomic E-state index is 13.5. The van der Waals surface area contributed by atoms with Crippen LogP contribution in [0.5, 0.6) is 5.75 Å². The third kappa shape index (κ3) is 4.24. The Bertz CT molecular complexity index is 794. The van der Waals surface area contributed by atoms with Gasteiger partial charge in [0, 0.05) is 5.69 Å². The van der Waals surface area contributed by atoms with Gasteiger partial charge in [0.15, 0.2) is 0 Å². The predicted molar refractivity (Wildman–Crippen MR) is 116 cm³/mol. The highest BCUT2D eigenvalue weighted by Gasteiger charge is 2.41. The normalized spacial score (nSPS) is 15.9. The smallest absolute Gasteiger partial charge is 0.235 e. The van der Waals surface area contributed by atoms with Crippen LogP contribution in [0.4, 0.5) is 5.69 Å². The second-order valence-corrected chi connectivity index (χ2v) is 8.25. The summed E-state index contributed by atoms with van der Waals surface area (Å²) >= 11 is 0. The van der Waals surface area contributed by atoms with Gasteiger partial charge in [-0.3, -0.25) is 4.79 Å². The van der Waals surface area contributed by atoms with Gasteiger partial charge >= 0.3 is 0 Å². The van der Waals surface area contributed by atoms with Crippen molar-refractivity contribution in [3.05, 3.63) is 58.7 Å². The quantitative estimate of drug-likeness (QED) is 0.645. The molecule has 0 aliphatic heterocycles. The molecular formula is C25H33NO2. The number of hydrogen-bond donors (Lipinski definition) is 1. The molecule has 1 saturated carbocycles. The van der Waals surface area contributed by atoms with E-state index in [1.165, 1.54) is 12.0 Å². The van der Waals surface area contributed by atoms with Crippen molar-refractivity contribution in [3.63, 3.8) is 0 Å². The molecule has 0 unspecified atom stereocenters. The van der Waals surface area contributed by atoms with Crippen molar-refractivity contribution in [1.29, 1.82) is 0 Å². The number of nitrogens with one attached hydrogen (secondary N) is 1. The SMILES string of the molecule is CCCOc1c(C)cc(NC(=O)C2(c3ccc(C)cc3)CCCCC2)cc1C. The van der Waals surface area contributed by atoms with Crippen molar-refractivity contribution in [2.24, 2.45) is 0 Å². The van der Waals surface area contributed by atoms with Gasteiger partial charge in [0.05, 0.1) is 12.0 Å². The molecule has 0 atom stereocenters. The van der Waals surface area contributed by atoms with Crippen molar-refractivity contribution in [1.82, 2.24) is 0 Å². The Kier molecular flexibility index (Phi) is 6.43. The molecule has 0 radical (unpaired) electrons. The van der Waals surface area contributed by atoms with Crippen LogP contribution in [0.2, 0.25) is 0 Å². The minimum absolute atomic E-state index is 0.122. The maximum Gasteiger partial charge on any atom is 0.235 e. The lowest BCUT2D eigenvalue weighted by molar-refractivity contribution is -0.122. The Hall–Kier alpha value is -2.29. The molecule has 2 aromatic carbocycles. The summed E-state index contributed by atoms with van der Waals surface area (Å²) in [5, 5.41) is 3.24. The summed E-state index contributed by atoms with van der Waals surface area (Å²) in [6.45, 7) is 9.00. The third-order valence-electron chi connectivity index (χ3n) is 5.91. The van der Waals surface area contributed by atoms with E-state index < -0.39 is 5.41 Å². The van der Waals surface area contributed by atoms with Gasteiger partial charge in [-0.25, -0.2) is 0 Å². The lowest BCUT2D eigenvalue weighted by Crippen LogP contribution is -2.42. The summed E-state index contributed by atoms with van der Waals surface area (Å²) in [5.74, 6) is 1.06. The molecule has 0 saturated heterocycles. The van der Waals surface area contributed by atoms with Crippen LogP contribution < -0.4 is 10.1 Å². The van der Waals surface area contributed by atoms with Crippen molar-refractivity contribution in [2.45, 2.75) is 71.6 Å². The van der Waals surface area contributed by atoms with Crippen LogP contribution in [-0.2, 0) is 10.2 Å². The highest BCUT2D eigenvalue weighted by atomic mass is 16.5. The monoisotopic (exact) mass is 379 g/mol. The van der Waals surface area contributed by atoms with Crippen LogP contribution in [-0.4, -0.2) is 12.5 Å². The molecule has 3 rings (SSSR count). The van der Waals surface area contributed by atoms with E-state index in [1.54, 1.807) is 0 Å². The van der Waals surface area contributed by atoms with E-state index in [9.17, 15) is 4.79 Å². The Balaban J connectivity index is 1.87.